The number of alkyl carbamates (subject to hydrolysis) is 2. The second kappa shape index (κ2) is 18.4. The number of H-pyrrole nitrogens is 1. The lowest BCUT2D eigenvalue weighted by Crippen LogP contribution is -2.50. The first-order valence-electron chi connectivity index (χ1n) is 22.6. The minimum absolute atomic E-state index is 0.130. The van der Waals surface area contributed by atoms with Gasteiger partial charge >= 0.3 is 12.2 Å². The molecule has 8 rings (SSSR count). The number of hydrogen-bond acceptors (Lipinski definition) is 9. The van der Waals surface area contributed by atoms with Crippen LogP contribution in [-0.4, -0.2) is 94.9 Å². The van der Waals surface area contributed by atoms with Crippen molar-refractivity contribution in [2.24, 2.45) is 10.4 Å². The number of methoxy groups -OCH3 is 2. The Morgan fingerprint density at radius 1 is 0.797 bits per heavy atom. The van der Waals surface area contributed by atoms with Gasteiger partial charge in [-0.25, -0.2) is 14.6 Å². The molecule has 0 bridgehead atoms. The van der Waals surface area contributed by atoms with Crippen molar-refractivity contribution in [2.75, 3.05) is 27.3 Å². The van der Waals surface area contributed by atoms with E-state index < -0.39 is 30.3 Å². The number of nitrogens with one attached hydrogen (secondary N) is 3. The first-order valence-corrected chi connectivity index (χ1v) is 22.6. The van der Waals surface area contributed by atoms with Crippen LogP contribution in [0.1, 0.15) is 108 Å². The summed E-state index contributed by atoms with van der Waals surface area (Å²) in [6.07, 6.45) is 10.6. The van der Waals surface area contributed by atoms with Crippen molar-refractivity contribution < 1.29 is 28.7 Å². The molecule has 3 fully saturated rings. The largest absolute Gasteiger partial charge is 0.453 e. The number of carbonyl (C=O) groups excluding carboxylic acids is 4. The van der Waals surface area contributed by atoms with Crippen molar-refractivity contribution >= 4 is 46.2 Å². The molecule has 0 radical (unpaired) electrons. The second-order valence-corrected chi connectivity index (χ2v) is 18.1. The van der Waals surface area contributed by atoms with Crippen LogP contribution in [0, 0.1) is 5.41 Å². The van der Waals surface area contributed by atoms with Crippen LogP contribution in [0.5, 0.6) is 0 Å². The van der Waals surface area contributed by atoms with Gasteiger partial charge in [-0.3, -0.25) is 19.4 Å². The summed E-state index contributed by atoms with van der Waals surface area (Å²) in [6.45, 7) is 8.41. The molecule has 0 unspecified atom stereocenters. The number of hydrogen-bond donors (Lipinski definition) is 3. The fraction of sp³-hybridized carbons (Fsp3) is 0.460. The van der Waals surface area contributed by atoms with Crippen LogP contribution in [0.2, 0.25) is 0 Å². The molecule has 14 heteroatoms. The highest BCUT2D eigenvalue weighted by atomic mass is 16.5. The number of likely N-dealkylation sites (tertiary alicyclic amines) is 2. The van der Waals surface area contributed by atoms with Gasteiger partial charge in [0.15, 0.2) is 0 Å². The van der Waals surface area contributed by atoms with Gasteiger partial charge in [0, 0.05) is 25.0 Å². The molecule has 3 heterocycles. The Morgan fingerprint density at radius 3 is 2.02 bits per heavy atom. The molecule has 64 heavy (non-hydrogen) atoms. The Kier molecular flexibility index (Phi) is 12.8. The lowest BCUT2D eigenvalue weighted by atomic mass is 9.82. The molecule has 14 nitrogen and oxygen atoms in total. The van der Waals surface area contributed by atoms with E-state index >= 15 is 0 Å². The highest BCUT2D eigenvalue weighted by Gasteiger charge is 2.42. The molecule has 4 atom stereocenters. The van der Waals surface area contributed by atoms with Crippen molar-refractivity contribution in [3.05, 3.63) is 93.7 Å². The number of carbonyl (C=O) groups is 4. The third-order valence-electron chi connectivity index (χ3n) is 14.0. The molecule has 2 aliphatic carbocycles. The summed E-state index contributed by atoms with van der Waals surface area (Å²) in [6, 6.07) is 17.1. The summed E-state index contributed by atoms with van der Waals surface area (Å²) in [5.41, 5.74) is 10.8. The average molecular weight is 870 g/mol. The lowest BCUT2D eigenvalue weighted by molar-refractivity contribution is -0.134. The first-order chi connectivity index (χ1) is 30.8. The second-order valence-electron chi connectivity index (χ2n) is 18.1. The van der Waals surface area contributed by atoms with Gasteiger partial charge in [-0.1, -0.05) is 55.3 Å². The van der Waals surface area contributed by atoms with Crippen LogP contribution in [0.15, 0.2) is 70.6 Å². The smallest absolute Gasteiger partial charge is 0.407 e. The maximum atomic E-state index is 13.8. The van der Waals surface area contributed by atoms with Gasteiger partial charge in [0.1, 0.15) is 17.9 Å². The zero-order chi connectivity index (χ0) is 45.3. The van der Waals surface area contributed by atoms with E-state index in [0.29, 0.717) is 36.2 Å². The lowest BCUT2D eigenvalue weighted by Gasteiger charge is -2.27. The van der Waals surface area contributed by atoms with Gasteiger partial charge in [0.05, 0.1) is 37.2 Å². The number of amides is 4. The first kappa shape index (κ1) is 44.3. The Hall–Kier alpha value is -6.31. The molecule has 4 aromatic rings. The van der Waals surface area contributed by atoms with Crippen LogP contribution in [0.3, 0.4) is 0 Å². The molecule has 4 amide bonds. The van der Waals surface area contributed by atoms with Gasteiger partial charge in [-0.05, 0) is 141 Å². The van der Waals surface area contributed by atoms with Gasteiger partial charge in [-0.15, -0.1) is 0 Å². The molecular weight excluding hydrogens is 811 g/mol. The van der Waals surface area contributed by atoms with Gasteiger partial charge < -0.3 is 34.9 Å². The van der Waals surface area contributed by atoms with Gasteiger partial charge in [0.2, 0.25) is 11.8 Å². The van der Waals surface area contributed by atoms with E-state index in [-0.39, 0.29) is 28.8 Å². The summed E-state index contributed by atoms with van der Waals surface area (Å²) in [5.74, 6) is 0.0394. The van der Waals surface area contributed by atoms with Crippen LogP contribution < -0.4 is 16.2 Å². The van der Waals surface area contributed by atoms with E-state index in [9.17, 15) is 24.0 Å². The predicted molar refractivity (Wildman–Crippen MR) is 247 cm³/mol. The minimum Gasteiger partial charge on any atom is -0.453 e. The predicted octanol–water partition coefficient (Wildman–Crippen LogP) is 7.88. The third-order valence-corrected chi connectivity index (χ3v) is 14.0. The normalized spacial score (nSPS) is 20.3. The monoisotopic (exact) mass is 869 g/mol. The number of rotatable bonds is 10. The number of aliphatic imine (C=N–C) groups is 1. The Bertz CT molecular complexity index is 2590. The number of nitrogens with zero attached hydrogens (tertiary/aromatic N) is 4. The summed E-state index contributed by atoms with van der Waals surface area (Å²) in [4.78, 5) is 80.0. The number of fused-ring (bicyclic) bond motifs is 2. The maximum absolute atomic E-state index is 13.8. The van der Waals surface area contributed by atoms with Crippen molar-refractivity contribution in [3.8, 4) is 22.3 Å². The molecular formula is C50H59N7O7. The fourth-order valence-corrected chi connectivity index (χ4v) is 10.6. The molecule has 336 valence electrons. The van der Waals surface area contributed by atoms with Crippen LogP contribution in [0.25, 0.3) is 38.7 Å². The minimum atomic E-state index is -0.786. The molecule has 1 aromatic heterocycles. The van der Waals surface area contributed by atoms with E-state index in [0.717, 1.165) is 65.6 Å². The van der Waals surface area contributed by atoms with Crippen molar-refractivity contribution in [1.82, 2.24) is 30.4 Å². The Labute approximate surface area is 373 Å². The number of allylic oxidation sites excluding steroid dienone is 1. The zero-order valence-corrected chi connectivity index (χ0v) is 37.7. The number of benzene rings is 3. The highest BCUT2D eigenvalue weighted by molar-refractivity contribution is 5.95. The topological polar surface area (TPSA) is 175 Å². The van der Waals surface area contributed by atoms with Crippen molar-refractivity contribution in [1.29, 1.82) is 0 Å². The van der Waals surface area contributed by atoms with Crippen molar-refractivity contribution in [2.45, 2.75) is 116 Å². The average Bonchev–Trinajstić information content (AvgIpc) is 4.15. The van der Waals surface area contributed by atoms with Crippen molar-refractivity contribution in [3.63, 3.8) is 0 Å². The van der Waals surface area contributed by atoms with E-state index in [1.807, 2.05) is 32.2 Å². The van der Waals surface area contributed by atoms with Gasteiger partial charge in [-0.2, -0.15) is 0 Å². The van der Waals surface area contributed by atoms with E-state index in [2.05, 4.69) is 67.6 Å². The molecule has 2 aliphatic heterocycles. The summed E-state index contributed by atoms with van der Waals surface area (Å²) in [5, 5.41) is 5.63. The summed E-state index contributed by atoms with van der Waals surface area (Å²) < 4.78 is 9.35. The molecule has 3 N–H and O–H groups in total. The highest BCUT2D eigenvalue weighted by Crippen LogP contribution is 2.53. The SMILES string of the molecule is COC(=O)N[C@@H](C)C(=O)N1CCC[C@H]1C(C)=N/C=C(\C)c1ccc(-c2ccc(-c3ccc4nc([C@@H]5CCCN5C(=O)[C@H](C)NC(=O)OC)[nH]c(=O)c4c3)c3c2CC2(CCCC2)C3)cc1. The quantitative estimate of drug-likeness (QED) is 0.135. The van der Waals surface area contributed by atoms with E-state index in [4.69, 9.17) is 9.98 Å². The molecule has 4 aliphatic rings. The molecule has 3 aromatic carbocycles. The molecule has 2 saturated heterocycles. The molecule has 1 saturated carbocycles. The van der Waals surface area contributed by atoms with E-state index in [1.54, 1.807) is 23.6 Å². The number of aromatic amines is 1. The summed E-state index contributed by atoms with van der Waals surface area (Å²) in [7, 11) is 2.54. The standard InChI is InChI=1S/C50H59N7O7/c1-29(28-51-30(2)42-11-9-23-56(42)46(59)31(3)52-48(61)63-5)33-13-15-34(16-14-33)36-18-19-37(40-27-50(26-39(36)40)21-7-8-22-50)35-17-20-41-38(25-35)45(58)55-44(54-41)43-12-10-24-57(43)47(60)32(4)53-49(62)64-6/h13-20,25,28,31-32,42-43H,7-12,21-24,26-27H2,1-6H3,(H,52,61)(H,53,62)(H,54,55,58)/b29-28+,51-30?/t31-,32-,42-,43-/m0/s1. The zero-order valence-electron chi connectivity index (χ0n) is 37.7. The van der Waals surface area contributed by atoms with Crippen LogP contribution in [-0.2, 0) is 31.9 Å². The Balaban J connectivity index is 1.03. The summed E-state index contributed by atoms with van der Waals surface area (Å²) >= 11 is 0. The van der Waals surface area contributed by atoms with E-state index in [1.165, 1.54) is 56.6 Å². The van der Waals surface area contributed by atoms with Crippen LogP contribution in [0.4, 0.5) is 9.59 Å². The fourth-order valence-electron chi connectivity index (χ4n) is 10.6. The molecule has 1 spiro atoms. The van der Waals surface area contributed by atoms with Gasteiger partial charge in [0.25, 0.3) is 5.56 Å². The maximum Gasteiger partial charge on any atom is 0.407 e. The third kappa shape index (κ3) is 8.79. The number of aromatic nitrogens is 2. The Morgan fingerprint density at radius 2 is 1.38 bits per heavy atom. The van der Waals surface area contributed by atoms with Crippen LogP contribution >= 0.6 is 0 Å². The number of ether oxygens (including phenoxy) is 2.